The molecule has 0 unspecified atom stereocenters. The molecule has 15 heteroatoms. The second kappa shape index (κ2) is 9.09. The van der Waals surface area contributed by atoms with Gasteiger partial charge in [-0.15, -0.1) is 0 Å². The van der Waals surface area contributed by atoms with Gasteiger partial charge in [-0.05, 0) is 55.0 Å². The van der Waals surface area contributed by atoms with E-state index in [9.17, 15) is 45.0 Å². The number of benzene rings is 2. The van der Waals surface area contributed by atoms with Gasteiger partial charge < -0.3 is 46.0 Å². The minimum atomic E-state index is -3.93. The lowest BCUT2D eigenvalue weighted by molar-refractivity contribution is -0.455. The summed E-state index contributed by atoms with van der Waals surface area (Å²) in [7, 11) is 1.50. The second-order valence-electron chi connectivity index (χ2n) is 9.40. The molecule has 40 heavy (non-hydrogen) atoms. The van der Waals surface area contributed by atoms with Gasteiger partial charge in [0.2, 0.25) is 11.7 Å². The molecule has 1 aromatic heterocycles. The number of aromatic nitrogens is 2. The van der Waals surface area contributed by atoms with Crippen LogP contribution in [0.3, 0.4) is 0 Å². The third kappa shape index (κ3) is 3.91. The number of piperidine rings is 1. The first kappa shape index (κ1) is 27.2. The Kier molecular flexibility index (Phi) is 6.18. The smallest absolute Gasteiger partial charge is 0.316 e. The molecule has 2 aromatic carbocycles. The molecule has 3 aromatic rings. The Morgan fingerprint density at radius 1 is 0.925 bits per heavy atom. The van der Waals surface area contributed by atoms with E-state index in [-0.39, 0.29) is 34.9 Å². The van der Waals surface area contributed by atoms with Crippen LogP contribution in [0.4, 0.5) is 11.4 Å². The molecular weight excluding hydrogens is 530 g/mol. The Balaban J connectivity index is 1.49. The zero-order chi connectivity index (χ0) is 29.2. The van der Waals surface area contributed by atoms with Crippen LogP contribution in [-0.2, 0) is 11.2 Å². The number of primary amides is 1. The Hall–Kier alpha value is -4.38. The molecule has 210 valence electrons. The molecule has 3 amide bonds. The summed E-state index contributed by atoms with van der Waals surface area (Å²) in [6.07, 6.45) is -1.03. The molecule has 0 spiro atoms. The van der Waals surface area contributed by atoms with Gasteiger partial charge in [-0.1, -0.05) is 0 Å². The van der Waals surface area contributed by atoms with E-state index in [4.69, 9.17) is 10.5 Å². The Labute approximate surface area is 225 Å². The quantitative estimate of drug-likeness (QED) is 0.169. The number of amides is 3. The highest BCUT2D eigenvalue weighted by molar-refractivity contribution is 6.09. The molecule has 0 radical (unpaired) electrons. The fourth-order valence-electron chi connectivity index (χ4n) is 4.83. The topological polar surface area (TPSA) is 232 Å². The monoisotopic (exact) mass is 555 g/mol. The SMILES string of the molecule is COc1ccc(-n2nc(C(N)=O)c3c2C(=O)N(c2ccc(N4C(=O)CC(O)(O)C(O)(O)C4(O)O)cc2)CC3)cc1. The van der Waals surface area contributed by atoms with E-state index in [1.165, 1.54) is 41.0 Å². The molecule has 15 nitrogen and oxygen atoms in total. The molecule has 0 aliphatic carbocycles. The maximum absolute atomic E-state index is 13.7. The highest BCUT2D eigenvalue weighted by atomic mass is 16.7. The molecule has 0 bridgehead atoms. The lowest BCUT2D eigenvalue weighted by Crippen LogP contribution is -2.79. The van der Waals surface area contributed by atoms with E-state index in [0.29, 0.717) is 22.7 Å². The number of hydrogen-bond donors (Lipinski definition) is 7. The standard InChI is InChI=1S/C25H25N5O10/c1-40-16-8-6-15(7-9-16)30-20-17(19(27-30)21(26)32)10-11-28(22(20)33)13-2-4-14(5-3-13)29-18(31)12-23(34,35)24(36,37)25(29,38)39/h2-9,34-39H,10-12H2,1H3,(H2,26,32). The van der Waals surface area contributed by atoms with Gasteiger partial charge in [0.15, 0.2) is 5.69 Å². The number of carbonyl (C=O) groups excluding carboxylic acids is 3. The molecule has 1 saturated heterocycles. The fourth-order valence-corrected chi connectivity index (χ4v) is 4.83. The molecule has 2 aliphatic heterocycles. The van der Waals surface area contributed by atoms with Gasteiger partial charge >= 0.3 is 5.91 Å². The van der Waals surface area contributed by atoms with Crippen molar-refractivity contribution in [2.45, 2.75) is 30.3 Å². The van der Waals surface area contributed by atoms with Crippen molar-refractivity contribution in [3.05, 3.63) is 65.5 Å². The predicted molar refractivity (Wildman–Crippen MR) is 134 cm³/mol. The summed E-state index contributed by atoms with van der Waals surface area (Å²) in [5.74, 6) is -13.3. The molecular formula is C25H25N5O10. The highest BCUT2D eigenvalue weighted by Crippen LogP contribution is 2.41. The summed E-state index contributed by atoms with van der Waals surface area (Å²) in [4.78, 5) is 39.8. The Bertz CT molecular complexity index is 1510. The van der Waals surface area contributed by atoms with Crippen LogP contribution in [0.2, 0.25) is 0 Å². The first-order valence-corrected chi connectivity index (χ1v) is 11.9. The van der Waals surface area contributed by atoms with Crippen molar-refractivity contribution in [2.24, 2.45) is 5.73 Å². The summed E-state index contributed by atoms with van der Waals surface area (Å²) in [6.45, 7) is 0.125. The van der Waals surface area contributed by atoms with Gasteiger partial charge in [-0.3, -0.25) is 19.3 Å². The highest BCUT2D eigenvalue weighted by Gasteiger charge is 2.70. The maximum atomic E-state index is 13.7. The van der Waals surface area contributed by atoms with Crippen LogP contribution >= 0.6 is 0 Å². The number of rotatable bonds is 5. The van der Waals surface area contributed by atoms with E-state index in [1.807, 2.05) is 0 Å². The molecule has 3 heterocycles. The fraction of sp³-hybridized carbons (Fsp3) is 0.280. The van der Waals surface area contributed by atoms with Crippen molar-refractivity contribution in [2.75, 3.05) is 23.5 Å². The number of anilines is 2. The predicted octanol–water partition coefficient (Wildman–Crippen LogP) is -2.08. The molecule has 0 saturated carbocycles. The van der Waals surface area contributed by atoms with E-state index in [1.54, 1.807) is 24.3 Å². The van der Waals surface area contributed by atoms with Crippen molar-refractivity contribution in [1.82, 2.24) is 9.78 Å². The van der Waals surface area contributed by atoms with Gasteiger partial charge in [0.1, 0.15) is 11.4 Å². The summed E-state index contributed by atoms with van der Waals surface area (Å²) < 4.78 is 6.48. The average molecular weight is 556 g/mol. The van der Waals surface area contributed by atoms with Crippen LogP contribution in [0.25, 0.3) is 5.69 Å². The third-order valence-electron chi connectivity index (χ3n) is 6.97. The molecule has 1 fully saturated rings. The zero-order valence-electron chi connectivity index (χ0n) is 20.9. The van der Waals surface area contributed by atoms with Gasteiger partial charge in [-0.25, -0.2) is 4.68 Å². The number of nitrogens with two attached hydrogens (primary N) is 1. The normalized spacial score (nSPS) is 19.4. The molecule has 2 aliphatic rings. The van der Waals surface area contributed by atoms with Crippen molar-refractivity contribution in [3.8, 4) is 11.4 Å². The molecule has 5 rings (SSSR count). The lowest BCUT2D eigenvalue weighted by atomic mass is 9.91. The van der Waals surface area contributed by atoms with Gasteiger partial charge in [0.25, 0.3) is 17.6 Å². The van der Waals surface area contributed by atoms with Crippen LogP contribution in [0, 0.1) is 0 Å². The Morgan fingerprint density at radius 2 is 1.50 bits per heavy atom. The van der Waals surface area contributed by atoms with E-state index in [0.717, 1.165) is 0 Å². The summed E-state index contributed by atoms with van der Waals surface area (Å²) >= 11 is 0. The number of nitrogens with zero attached hydrogens (tertiary/aromatic N) is 4. The maximum Gasteiger partial charge on any atom is 0.316 e. The summed E-state index contributed by atoms with van der Waals surface area (Å²) in [5.41, 5.74) is 6.51. The van der Waals surface area contributed by atoms with Crippen LogP contribution < -0.4 is 20.3 Å². The number of fused-ring (bicyclic) bond motifs is 1. The minimum absolute atomic E-state index is 0.0414. The number of methoxy groups -OCH3 is 1. The zero-order valence-corrected chi connectivity index (χ0v) is 20.9. The van der Waals surface area contributed by atoms with E-state index < -0.39 is 41.6 Å². The summed E-state index contributed by atoms with van der Waals surface area (Å²) in [6, 6.07) is 11.7. The second-order valence-corrected chi connectivity index (χ2v) is 9.40. The molecule has 0 atom stereocenters. The Morgan fingerprint density at radius 3 is 2.08 bits per heavy atom. The van der Waals surface area contributed by atoms with E-state index >= 15 is 0 Å². The average Bonchev–Trinajstić information content (AvgIpc) is 3.29. The first-order chi connectivity index (χ1) is 18.7. The van der Waals surface area contributed by atoms with Crippen molar-refractivity contribution in [1.29, 1.82) is 0 Å². The van der Waals surface area contributed by atoms with E-state index in [2.05, 4.69) is 5.10 Å². The van der Waals surface area contributed by atoms with Gasteiger partial charge in [0.05, 0.1) is 19.2 Å². The first-order valence-electron chi connectivity index (χ1n) is 11.9. The minimum Gasteiger partial charge on any atom is -0.497 e. The lowest BCUT2D eigenvalue weighted by Gasteiger charge is -2.51. The number of aliphatic hydroxyl groups is 6. The number of ether oxygens (including phenoxy) is 1. The van der Waals surface area contributed by atoms with Crippen LogP contribution in [0.5, 0.6) is 5.75 Å². The summed E-state index contributed by atoms with van der Waals surface area (Å²) in [5, 5.41) is 64.5. The number of carbonyl (C=O) groups is 3. The largest absolute Gasteiger partial charge is 0.497 e. The van der Waals surface area contributed by atoms with Crippen LogP contribution in [0.15, 0.2) is 48.5 Å². The van der Waals surface area contributed by atoms with Crippen LogP contribution in [-0.4, -0.2) is 89.3 Å². The number of hydrogen-bond acceptors (Lipinski definition) is 11. The molecule has 8 N–H and O–H groups in total. The van der Waals surface area contributed by atoms with Crippen LogP contribution in [0.1, 0.15) is 33.0 Å². The van der Waals surface area contributed by atoms with Crippen molar-refractivity contribution in [3.63, 3.8) is 0 Å². The van der Waals surface area contributed by atoms with Gasteiger partial charge in [-0.2, -0.15) is 5.10 Å². The van der Waals surface area contributed by atoms with Crippen molar-refractivity contribution < 1.29 is 49.8 Å². The van der Waals surface area contributed by atoms with Crippen molar-refractivity contribution >= 4 is 29.1 Å². The van der Waals surface area contributed by atoms with Gasteiger partial charge in [0, 0.05) is 23.5 Å². The third-order valence-corrected chi connectivity index (χ3v) is 6.97.